The fraction of sp³-hybridized carbons (Fsp3) is 0.435. The van der Waals surface area contributed by atoms with Crippen molar-refractivity contribution < 1.29 is 17.9 Å². The third kappa shape index (κ3) is 5.09. The SMILES string of the molecule is NC1=NS(=O)(=O)Nc2cccc(OC[C@H]3CCCN(c4cccc(C(=O)NCC5CC5)n4)C3)c21. The Kier molecular flexibility index (Phi) is 6.03. The van der Waals surface area contributed by atoms with E-state index < -0.39 is 10.2 Å². The monoisotopic (exact) mass is 484 g/mol. The molecule has 2 aromatic rings. The third-order valence-electron chi connectivity index (χ3n) is 6.27. The van der Waals surface area contributed by atoms with Crippen LogP contribution in [0.2, 0.25) is 0 Å². The number of nitrogens with zero attached hydrogens (tertiary/aromatic N) is 3. The molecule has 2 aliphatic heterocycles. The molecule has 34 heavy (non-hydrogen) atoms. The van der Waals surface area contributed by atoms with Gasteiger partial charge in [0, 0.05) is 25.6 Å². The Morgan fingerprint density at radius 3 is 2.82 bits per heavy atom. The van der Waals surface area contributed by atoms with E-state index in [1.54, 1.807) is 24.3 Å². The Balaban J connectivity index is 1.23. The van der Waals surface area contributed by atoms with E-state index in [4.69, 9.17) is 10.5 Å². The fourth-order valence-electron chi connectivity index (χ4n) is 4.33. The highest BCUT2D eigenvalue weighted by atomic mass is 32.2. The maximum Gasteiger partial charge on any atom is 0.344 e. The van der Waals surface area contributed by atoms with Gasteiger partial charge in [-0.1, -0.05) is 12.1 Å². The zero-order valence-corrected chi connectivity index (χ0v) is 19.6. The van der Waals surface area contributed by atoms with Gasteiger partial charge in [0.05, 0.1) is 17.9 Å². The molecule has 0 bridgehead atoms. The molecular weight excluding hydrogens is 456 g/mol. The van der Waals surface area contributed by atoms with Crippen molar-refractivity contribution in [3.8, 4) is 5.75 Å². The summed E-state index contributed by atoms with van der Waals surface area (Å²) in [5.74, 6) is 1.91. The third-order valence-corrected chi connectivity index (χ3v) is 7.19. The van der Waals surface area contributed by atoms with Gasteiger partial charge in [-0.3, -0.25) is 9.52 Å². The summed E-state index contributed by atoms with van der Waals surface area (Å²) in [4.78, 5) is 19.2. The number of piperidine rings is 1. The van der Waals surface area contributed by atoms with E-state index in [1.807, 2.05) is 12.1 Å². The molecule has 1 atom stereocenters. The molecule has 3 heterocycles. The van der Waals surface area contributed by atoms with Crippen LogP contribution in [0.5, 0.6) is 5.75 Å². The average molecular weight is 485 g/mol. The second kappa shape index (κ2) is 9.13. The number of nitrogens with one attached hydrogen (secondary N) is 2. The molecule has 1 saturated heterocycles. The minimum atomic E-state index is -3.83. The van der Waals surface area contributed by atoms with Gasteiger partial charge in [0.2, 0.25) is 0 Å². The molecule has 1 amide bonds. The summed E-state index contributed by atoms with van der Waals surface area (Å²) < 4.78 is 35.6. The number of aromatic nitrogens is 1. The Hall–Kier alpha value is -3.34. The summed E-state index contributed by atoms with van der Waals surface area (Å²) in [6.07, 6.45) is 4.34. The van der Waals surface area contributed by atoms with E-state index in [0.717, 1.165) is 31.7 Å². The standard InChI is InChI=1S/C23H28N6O4S/c24-22-21-17(27-34(31,32)28-22)5-1-7-19(21)33-14-16-4-3-11-29(13-16)20-8-2-6-18(26-20)23(30)25-12-15-9-10-15/h1-2,5-8,15-16,27H,3-4,9-14H2,(H2,24,28)(H,25,30)/t16-/m0/s1. The number of pyridine rings is 1. The zero-order valence-electron chi connectivity index (χ0n) is 18.7. The Morgan fingerprint density at radius 2 is 2.00 bits per heavy atom. The molecule has 0 unspecified atom stereocenters. The molecule has 4 N–H and O–H groups in total. The minimum absolute atomic E-state index is 0.0874. The predicted molar refractivity (Wildman–Crippen MR) is 129 cm³/mol. The van der Waals surface area contributed by atoms with Crippen LogP contribution in [0.3, 0.4) is 0 Å². The Morgan fingerprint density at radius 1 is 1.18 bits per heavy atom. The lowest BCUT2D eigenvalue weighted by Gasteiger charge is -2.33. The van der Waals surface area contributed by atoms with Crippen molar-refractivity contribution in [1.82, 2.24) is 10.3 Å². The molecule has 2 fully saturated rings. The number of hydrogen-bond donors (Lipinski definition) is 3. The van der Waals surface area contributed by atoms with Crippen LogP contribution in [0.1, 0.15) is 41.7 Å². The zero-order chi connectivity index (χ0) is 23.7. The van der Waals surface area contributed by atoms with Gasteiger partial charge in [0.1, 0.15) is 17.3 Å². The summed E-state index contributed by atoms with van der Waals surface area (Å²) in [6.45, 7) is 2.76. The smallest absolute Gasteiger partial charge is 0.344 e. The largest absolute Gasteiger partial charge is 0.492 e. The van der Waals surface area contributed by atoms with E-state index in [-0.39, 0.29) is 17.7 Å². The summed E-state index contributed by atoms with van der Waals surface area (Å²) in [5, 5.41) is 2.97. The van der Waals surface area contributed by atoms with Crippen molar-refractivity contribution in [2.75, 3.05) is 35.9 Å². The highest BCUT2D eigenvalue weighted by molar-refractivity contribution is 7.91. The normalized spacial score (nSPS) is 21.1. The minimum Gasteiger partial charge on any atom is -0.492 e. The van der Waals surface area contributed by atoms with Gasteiger partial charge in [-0.15, -0.1) is 4.40 Å². The van der Waals surface area contributed by atoms with Crippen molar-refractivity contribution in [2.45, 2.75) is 25.7 Å². The molecule has 0 radical (unpaired) electrons. The molecule has 3 aliphatic rings. The van der Waals surface area contributed by atoms with Crippen molar-refractivity contribution in [3.05, 3.63) is 47.7 Å². The summed E-state index contributed by atoms with van der Waals surface area (Å²) >= 11 is 0. The summed E-state index contributed by atoms with van der Waals surface area (Å²) in [7, 11) is -3.83. The van der Waals surface area contributed by atoms with Crippen LogP contribution in [0.25, 0.3) is 0 Å². The highest BCUT2D eigenvalue weighted by Crippen LogP contribution is 2.31. The van der Waals surface area contributed by atoms with Gasteiger partial charge in [0.15, 0.2) is 5.84 Å². The number of hydrogen-bond acceptors (Lipinski definition) is 7. The van der Waals surface area contributed by atoms with Crippen LogP contribution in [0.15, 0.2) is 40.8 Å². The first-order chi connectivity index (χ1) is 16.4. The number of carbonyl (C=O) groups is 1. The Bertz CT molecular complexity index is 1230. The second-order valence-electron chi connectivity index (χ2n) is 9.03. The number of carbonyl (C=O) groups excluding carboxylic acids is 1. The van der Waals surface area contributed by atoms with Crippen molar-refractivity contribution in [3.63, 3.8) is 0 Å². The second-order valence-corrected chi connectivity index (χ2v) is 10.4. The lowest BCUT2D eigenvalue weighted by atomic mass is 9.99. The number of amides is 1. The van der Waals surface area contributed by atoms with Crippen LogP contribution in [-0.4, -0.2) is 51.4 Å². The van der Waals surface area contributed by atoms with E-state index in [9.17, 15) is 13.2 Å². The van der Waals surface area contributed by atoms with E-state index in [1.165, 1.54) is 12.8 Å². The van der Waals surface area contributed by atoms with Crippen molar-refractivity contribution >= 4 is 33.5 Å². The molecule has 10 nitrogen and oxygen atoms in total. The van der Waals surface area contributed by atoms with Crippen LogP contribution < -0.4 is 25.4 Å². The van der Waals surface area contributed by atoms with E-state index >= 15 is 0 Å². The van der Waals surface area contributed by atoms with E-state index in [0.29, 0.717) is 41.8 Å². The quantitative estimate of drug-likeness (QED) is 0.545. The highest BCUT2D eigenvalue weighted by Gasteiger charge is 2.27. The molecule has 1 saturated carbocycles. The van der Waals surface area contributed by atoms with Crippen molar-refractivity contribution in [1.29, 1.82) is 0 Å². The molecule has 180 valence electrons. The predicted octanol–water partition coefficient (Wildman–Crippen LogP) is 1.89. The molecule has 0 spiro atoms. The van der Waals surface area contributed by atoms with Crippen LogP contribution in [-0.2, 0) is 10.2 Å². The number of anilines is 2. The first-order valence-corrected chi connectivity index (χ1v) is 13.0. The molecule has 1 aliphatic carbocycles. The summed E-state index contributed by atoms with van der Waals surface area (Å²) in [5.41, 5.74) is 7.16. The molecule has 1 aromatic carbocycles. The van der Waals surface area contributed by atoms with Crippen molar-refractivity contribution in [2.24, 2.45) is 22.0 Å². The molecular formula is C23H28N6O4S. The maximum absolute atomic E-state index is 12.4. The first-order valence-electron chi connectivity index (χ1n) is 11.5. The first kappa shape index (κ1) is 22.5. The number of ether oxygens (including phenoxy) is 1. The van der Waals surface area contributed by atoms with Crippen LogP contribution >= 0.6 is 0 Å². The molecule has 1 aromatic heterocycles. The lowest BCUT2D eigenvalue weighted by Crippen LogP contribution is -2.38. The van der Waals surface area contributed by atoms with Crippen LogP contribution in [0, 0.1) is 11.8 Å². The van der Waals surface area contributed by atoms with Gasteiger partial charge < -0.3 is 20.7 Å². The summed E-state index contributed by atoms with van der Waals surface area (Å²) in [6, 6.07) is 10.6. The molecule has 5 rings (SSSR count). The number of rotatable bonds is 7. The molecule has 11 heteroatoms. The van der Waals surface area contributed by atoms with E-state index in [2.05, 4.69) is 24.3 Å². The van der Waals surface area contributed by atoms with Gasteiger partial charge >= 0.3 is 10.2 Å². The lowest BCUT2D eigenvalue weighted by molar-refractivity contribution is 0.0947. The van der Waals surface area contributed by atoms with Crippen LogP contribution in [0.4, 0.5) is 11.5 Å². The van der Waals surface area contributed by atoms with Gasteiger partial charge in [-0.2, -0.15) is 8.42 Å². The van der Waals surface area contributed by atoms with Gasteiger partial charge in [-0.05, 0) is 55.9 Å². The average Bonchev–Trinajstić information content (AvgIpc) is 3.65. The number of amidine groups is 1. The topological polar surface area (TPSA) is 139 Å². The maximum atomic E-state index is 12.4. The number of fused-ring (bicyclic) bond motifs is 1. The number of nitrogens with two attached hydrogens (primary N) is 1. The fourth-order valence-corrected chi connectivity index (χ4v) is 5.17. The number of benzene rings is 1. The van der Waals surface area contributed by atoms with Gasteiger partial charge in [-0.25, -0.2) is 4.98 Å². The van der Waals surface area contributed by atoms with Gasteiger partial charge in [0.25, 0.3) is 5.91 Å². The Labute approximate surface area is 198 Å².